The summed E-state index contributed by atoms with van der Waals surface area (Å²) in [6, 6.07) is 2.03. The van der Waals surface area contributed by atoms with Crippen molar-refractivity contribution in [1.29, 1.82) is 5.26 Å². The minimum atomic E-state index is -0.0754. The minimum absolute atomic E-state index is 0.0754. The molecule has 0 radical (unpaired) electrons. The van der Waals surface area contributed by atoms with Crippen LogP contribution in [0.1, 0.15) is 6.92 Å². The van der Waals surface area contributed by atoms with Crippen LogP contribution in [-0.4, -0.2) is 22.1 Å². The van der Waals surface area contributed by atoms with Crippen molar-refractivity contribution >= 4 is 0 Å². The van der Waals surface area contributed by atoms with E-state index in [9.17, 15) is 0 Å². The Morgan fingerprint density at radius 1 is 1.75 bits per heavy atom. The zero-order chi connectivity index (χ0) is 8.81. The first-order valence-electron chi connectivity index (χ1n) is 3.91. The van der Waals surface area contributed by atoms with Crippen molar-refractivity contribution in [2.24, 2.45) is 0 Å². The first kappa shape index (κ1) is 8.75. The molecule has 0 saturated carbocycles. The van der Waals surface area contributed by atoms with Gasteiger partial charge in [0.25, 0.3) is 0 Å². The average Bonchev–Trinajstić information content (AvgIpc) is 2.57. The third kappa shape index (κ3) is 2.72. The summed E-state index contributed by atoms with van der Waals surface area (Å²) in [6.07, 6.45) is 5.41. The van der Waals surface area contributed by atoms with E-state index in [-0.39, 0.29) is 6.04 Å². The van der Waals surface area contributed by atoms with Gasteiger partial charge in [0.15, 0.2) is 0 Å². The molecule has 1 N–H and O–H groups in total. The van der Waals surface area contributed by atoms with Crippen molar-refractivity contribution in [3.63, 3.8) is 0 Å². The largest absolute Gasteiger partial charge is 0.336 e. The molecule has 0 aliphatic heterocycles. The number of nitrogens with zero attached hydrogens (tertiary/aromatic N) is 3. The zero-order valence-corrected chi connectivity index (χ0v) is 7.07. The lowest BCUT2D eigenvalue weighted by molar-refractivity contribution is 0.573. The molecule has 0 saturated heterocycles. The molecule has 0 bridgehead atoms. The topological polar surface area (TPSA) is 53.6 Å². The molecule has 1 aromatic heterocycles. The van der Waals surface area contributed by atoms with Gasteiger partial charge in [0.05, 0.1) is 18.4 Å². The fraction of sp³-hybridized carbons (Fsp3) is 0.500. The third-order valence-electron chi connectivity index (χ3n) is 1.57. The summed E-state index contributed by atoms with van der Waals surface area (Å²) in [5.41, 5.74) is 0. The predicted octanol–water partition coefficient (Wildman–Crippen LogP) is 0.385. The molecule has 0 spiro atoms. The van der Waals surface area contributed by atoms with E-state index in [0.717, 1.165) is 13.1 Å². The van der Waals surface area contributed by atoms with Crippen LogP contribution in [0.3, 0.4) is 0 Å². The lowest BCUT2D eigenvalue weighted by Gasteiger charge is -2.05. The summed E-state index contributed by atoms with van der Waals surface area (Å²) in [5.74, 6) is 0. The van der Waals surface area contributed by atoms with Crippen LogP contribution in [-0.2, 0) is 6.54 Å². The molecule has 1 rings (SSSR count). The van der Waals surface area contributed by atoms with Gasteiger partial charge >= 0.3 is 0 Å². The van der Waals surface area contributed by atoms with Gasteiger partial charge in [-0.25, -0.2) is 4.98 Å². The highest BCUT2D eigenvalue weighted by atomic mass is 15.0. The van der Waals surface area contributed by atoms with Crippen LogP contribution in [0.15, 0.2) is 18.7 Å². The smallest absolute Gasteiger partial charge is 0.0946 e. The first-order chi connectivity index (χ1) is 5.83. The quantitative estimate of drug-likeness (QED) is 0.700. The van der Waals surface area contributed by atoms with Gasteiger partial charge in [0.2, 0.25) is 0 Å². The van der Waals surface area contributed by atoms with E-state index in [2.05, 4.69) is 16.4 Å². The molecule has 1 unspecified atom stereocenters. The van der Waals surface area contributed by atoms with E-state index >= 15 is 0 Å². The molecule has 0 aliphatic rings. The van der Waals surface area contributed by atoms with Crippen LogP contribution in [0.2, 0.25) is 0 Å². The van der Waals surface area contributed by atoms with Crippen LogP contribution in [0.4, 0.5) is 0 Å². The molecule has 64 valence electrons. The van der Waals surface area contributed by atoms with Crippen molar-refractivity contribution in [3.05, 3.63) is 18.7 Å². The van der Waals surface area contributed by atoms with E-state index in [1.807, 2.05) is 17.7 Å². The summed E-state index contributed by atoms with van der Waals surface area (Å²) in [4.78, 5) is 3.91. The number of imidazole rings is 1. The zero-order valence-electron chi connectivity index (χ0n) is 7.07. The molecule has 4 nitrogen and oxygen atoms in total. The monoisotopic (exact) mass is 164 g/mol. The second kappa shape index (κ2) is 4.52. The van der Waals surface area contributed by atoms with Crippen molar-refractivity contribution in [2.45, 2.75) is 19.5 Å². The van der Waals surface area contributed by atoms with Gasteiger partial charge in [-0.3, -0.25) is 0 Å². The number of hydrogen-bond donors (Lipinski definition) is 1. The molecule has 0 aliphatic carbocycles. The summed E-state index contributed by atoms with van der Waals surface area (Å²) in [7, 11) is 0. The van der Waals surface area contributed by atoms with Crippen LogP contribution in [0.5, 0.6) is 0 Å². The molecule has 0 amide bonds. The molecule has 1 atom stereocenters. The van der Waals surface area contributed by atoms with Crippen molar-refractivity contribution in [1.82, 2.24) is 14.9 Å². The lowest BCUT2D eigenvalue weighted by atomic mass is 10.4. The maximum Gasteiger partial charge on any atom is 0.0946 e. The fourth-order valence-corrected chi connectivity index (χ4v) is 0.875. The highest BCUT2D eigenvalue weighted by Crippen LogP contribution is 1.84. The first-order valence-corrected chi connectivity index (χ1v) is 3.91. The Balaban J connectivity index is 2.16. The Morgan fingerprint density at radius 3 is 3.17 bits per heavy atom. The van der Waals surface area contributed by atoms with Gasteiger partial charge in [0.1, 0.15) is 0 Å². The molecule has 1 aromatic rings. The van der Waals surface area contributed by atoms with E-state index in [0.29, 0.717) is 0 Å². The summed E-state index contributed by atoms with van der Waals surface area (Å²) < 4.78 is 1.97. The molecular formula is C8H12N4. The standard InChI is InChI=1S/C8H12N4/c1-8(6-9)11-3-5-12-4-2-10-7-12/h2,4,7-8,11H,3,5H2,1H3. The van der Waals surface area contributed by atoms with Crippen LogP contribution < -0.4 is 5.32 Å². The van der Waals surface area contributed by atoms with Crippen molar-refractivity contribution < 1.29 is 0 Å². The second-order valence-corrected chi connectivity index (χ2v) is 2.61. The molecule has 1 heterocycles. The van der Waals surface area contributed by atoms with Crippen LogP contribution >= 0.6 is 0 Å². The average molecular weight is 164 g/mol. The number of hydrogen-bond acceptors (Lipinski definition) is 3. The minimum Gasteiger partial charge on any atom is -0.336 e. The molecule has 12 heavy (non-hydrogen) atoms. The third-order valence-corrected chi connectivity index (χ3v) is 1.57. The Labute approximate surface area is 71.8 Å². The second-order valence-electron chi connectivity index (χ2n) is 2.61. The van der Waals surface area contributed by atoms with Gasteiger partial charge in [-0.05, 0) is 6.92 Å². The maximum absolute atomic E-state index is 8.46. The lowest BCUT2D eigenvalue weighted by Crippen LogP contribution is -2.27. The summed E-state index contributed by atoms with van der Waals surface area (Å²) in [5, 5.41) is 11.5. The Kier molecular flexibility index (Phi) is 3.30. The molecule has 0 fully saturated rings. The Hall–Kier alpha value is -1.34. The van der Waals surface area contributed by atoms with E-state index in [1.54, 1.807) is 12.5 Å². The summed E-state index contributed by atoms with van der Waals surface area (Å²) in [6.45, 7) is 3.49. The highest BCUT2D eigenvalue weighted by Gasteiger charge is 1.95. The van der Waals surface area contributed by atoms with Gasteiger partial charge in [-0.2, -0.15) is 5.26 Å². The highest BCUT2D eigenvalue weighted by molar-refractivity contribution is 4.85. The van der Waals surface area contributed by atoms with Crippen molar-refractivity contribution in [3.8, 4) is 6.07 Å². The molecular weight excluding hydrogens is 152 g/mol. The van der Waals surface area contributed by atoms with Gasteiger partial charge < -0.3 is 9.88 Å². The number of aromatic nitrogens is 2. The number of nitriles is 1. The van der Waals surface area contributed by atoms with Gasteiger partial charge in [-0.1, -0.05) is 0 Å². The van der Waals surface area contributed by atoms with Gasteiger partial charge in [-0.15, -0.1) is 0 Å². The van der Waals surface area contributed by atoms with Crippen LogP contribution in [0, 0.1) is 11.3 Å². The summed E-state index contributed by atoms with van der Waals surface area (Å²) >= 11 is 0. The van der Waals surface area contributed by atoms with Gasteiger partial charge in [0, 0.05) is 25.5 Å². The number of nitrogens with one attached hydrogen (secondary N) is 1. The van der Waals surface area contributed by atoms with Crippen LogP contribution in [0.25, 0.3) is 0 Å². The fourth-order valence-electron chi connectivity index (χ4n) is 0.875. The SMILES string of the molecule is CC(C#N)NCCn1ccnc1. The number of rotatable bonds is 4. The molecule has 4 heteroatoms. The van der Waals surface area contributed by atoms with E-state index < -0.39 is 0 Å². The van der Waals surface area contributed by atoms with Crippen molar-refractivity contribution in [2.75, 3.05) is 6.54 Å². The predicted molar refractivity (Wildman–Crippen MR) is 45.3 cm³/mol. The molecule has 0 aromatic carbocycles. The van der Waals surface area contributed by atoms with E-state index in [4.69, 9.17) is 5.26 Å². The normalized spacial score (nSPS) is 12.3. The Bertz CT molecular complexity index is 247. The Morgan fingerprint density at radius 2 is 2.58 bits per heavy atom. The maximum atomic E-state index is 8.46. The van der Waals surface area contributed by atoms with E-state index in [1.165, 1.54) is 0 Å².